The topological polar surface area (TPSA) is 150 Å². The molecule has 0 unspecified atom stereocenters. The van der Waals surface area contributed by atoms with Crippen LogP contribution >= 0.6 is 70.4 Å². The molecule has 4 aromatic rings. The Morgan fingerprint density at radius 3 is 1.47 bits per heavy atom. The van der Waals surface area contributed by atoms with E-state index in [4.69, 9.17) is 10.5 Å². The fraction of sp³-hybridized carbons (Fsp3) is 0.154. The van der Waals surface area contributed by atoms with Crippen molar-refractivity contribution in [3.63, 3.8) is 0 Å². The normalized spacial score (nSPS) is 11.1. The van der Waals surface area contributed by atoms with Gasteiger partial charge in [0.15, 0.2) is 28.6 Å². The summed E-state index contributed by atoms with van der Waals surface area (Å²) in [4.78, 5) is 10.6. The van der Waals surface area contributed by atoms with Crippen molar-refractivity contribution in [3.05, 3.63) is 95.0 Å². The van der Waals surface area contributed by atoms with Gasteiger partial charge in [-0.15, -0.1) is 52.7 Å². The Labute approximate surface area is 326 Å². The minimum Gasteiger partial charge on any atom is -0.618 e. The quantitative estimate of drug-likeness (QED) is 0.0636. The molecular weight excluding hydrogens is 1070 g/mol. The zero-order valence-corrected chi connectivity index (χ0v) is 31.5. The van der Waals surface area contributed by atoms with E-state index in [-0.39, 0.29) is 25.4 Å². The molecule has 0 radical (unpaired) electrons. The summed E-state index contributed by atoms with van der Waals surface area (Å²) in [5.74, 6) is -2.07. The van der Waals surface area contributed by atoms with Gasteiger partial charge < -0.3 is 24.2 Å². The highest BCUT2D eigenvalue weighted by Crippen LogP contribution is 2.27. The molecule has 0 atom stereocenters. The Kier molecular flexibility index (Phi) is 18.1. The van der Waals surface area contributed by atoms with Gasteiger partial charge in [-0.1, -0.05) is 0 Å². The Hall–Kier alpha value is -4.09. The fourth-order valence-corrected chi connectivity index (χ4v) is 3.81. The number of hydrogen-bond acceptors (Lipinski definition) is 10. The van der Waals surface area contributed by atoms with E-state index in [0.717, 1.165) is 30.5 Å². The average Bonchev–Trinajstić information content (AvgIpc) is 3.00. The molecule has 0 fully saturated rings. The Morgan fingerprint density at radius 2 is 1.04 bits per heavy atom. The lowest BCUT2D eigenvalue weighted by molar-refractivity contribution is -0.618. The van der Waals surface area contributed by atoms with Crippen molar-refractivity contribution in [2.75, 3.05) is 0 Å². The number of alkyl halides is 12. The van der Waals surface area contributed by atoms with Crippen LogP contribution < -0.4 is 23.7 Å². The molecule has 11 nitrogen and oxygen atoms in total. The van der Waals surface area contributed by atoms with Crippen molar-refractivity contribution in [1.29, 1.82) is 10.5 Å². The molecule has 0 amide bonds. The van der Waals surface area contributed by atoms with Crippen molar-refractivity contribution in [3.8, 4) is 35.1 Å². The molecule has 27 heteroatoms. The van der Waals surface area contributed by atoms with Gasteiger partial charge in [0.25, 0.3) is 4.60 Å². The summed E-state index contributed by atoms with van der Waals surface area (Å²) in [6.45, 7) is 0. The summed E-state index contributed by atoms with van der Waals surface area (Å²) in [7, 11) is 0. The highest BCUT2D eigenvalue weighted by Gasteiger charge is 2.34. The summed E-state index contributed by atoms with van der Waals surface area (Å²) in [6, 6.07) is 12.4. The molecule has 0 spiro atoms. The van der Waals surface area contributed by atoms with E-state index in [1.54, 1.807) is 22.6 Å². The molecule has 4 rings (SSSR count). The monoisotopic (exact) mass is 1080 g/mol. The van der Waals surface area contributed by atoms with Crippen molar-refractivity contribution in [2.45, 2.75) is 25.4 Å². The minimum atomic E-state index is -4.82. The second-order valence-electron chi connectivity index (χ2n) is 8.21. The summed E-state index contributed by atoms with van der Waals surface area (Å²) in [5.41, 5.74) is -0.800. The van der Waals surface area contributed by atoms with Crippen molar-refractivity contribution < 1.29 is 76.4 Å². The molecule has 0 N–H and O–H groups in total. The molecule has 0 aliphatic heterocycles. The van der Waals surface area contributed by atoms with E-state index in [0.29, 0.717) is 14.5 Å². The molecule has 0 saturated heterocycles. The smallest absolute Gasteiger partial charge is 0.573 e. The third-order valence-corrected chi connectivity index (χ3v) is 6.44. The molecule has 4 aromatic heterocycles. The minimum absolute atomic E-state index is 0.113. The lowest BCUT2D eigenvalue weighted by atomic mass is 10.3. The first-order chi connectivity index (χ1) is 24.2. The fourth-order valence-electron chi connectivity index (χ4n) is 2.61. The number of ether oxygens (including phenoxy) is 4. The summed E-state index contributed by atoms with van der Waals surface area (Å²) < 4.78 is 156. The number of nitrogens with zero attached hydrogens (tertiary/aromatic N) is 6. The lowest BCUT2D eigenvalue weighted by Gasteiger charge is -2.09. The molecule has 0 aliphatic rings. The number of pyridine rings is 4. The standard InChI is InChI=1S/C7H2BrF3N2O.C7H2F3IN2O.C6H3BrF3NO2.C6H3BrF3NO/c8-6-2-1-5(4(3-12)13-6)14-7(9,10)11;8-7(9,10)14-5-1-2-6(11)13-4(5)3-12;7-5-2-1-4(3-11(5)12)13-6(8,9)10;7-5-2-1-4(3-11-5)12-6(8,9)10/h2*1-2H;1-3H;1-3H. The maximum Gasteiger partial charge on any atom is 0.573 e. The summed E-state index contributed by atoms with van der Waals surface area (Å²) >= 11 is 10.5. The average molecular weight is 1080 g/mol. The van der Waals surface area contributed by atoms with E-state index in [2.05, 4.69) is 81.7 Å². The maximum absolute atomic E-state index is 11.8. The lowest BCUT2D eigenvalue weighted by Crippen LogP contribution is -2.28. The second-order valence-corrected chi connectivity index (χ2v) is 11.7. The first-order valence-corrected chi connectivity index (χ1v) is 15.8. The highest BCUT2D eigenvalue weighted by molar-refractivity contribution is 14.1. The zero-order valence-electron chi connectivity index (χ0n) is 24.5. The molecule has 0 saturated carbocycles. The van der Waals surface area contributed by atoms with Crippen LogP contribution in [0.3, 0.4) is 0 Å². The van der Waals surface area contributed by atoms with Crippen LogP contribution in [0.2, 0.25) is 0 Å². The van der Waals surface area contributed by atoms with E-state index in [9.17, 15) is 57.9 Å². The van der Waals surface area contributed by atoms with Gasteiger partial charge in [-0.3, -0.25) is 0 Å². The number of halogens is 16. The van der Waals surface area contributed by atoms with Crippen LogP contribution in [0.4, 0.5) is 52.7 Å². The highest BCUT2D eigenvalue weighted by atomic mass is 127. The van der Waals surface area contributed by atoms with Gasteiger partial charge in [0, 0.05) is 22.0 Å². The number of rotatable bonds is 4. The van der Waals surface area contributed by atoms with Crippen LogP contribution in [0, 0.1) is 31.6 Å². The molecular formula is C26H10Br3F12IN6O5. The van der Waals surface area contributed by atoms with Crippen molar-refractivity contribution in [2.24, 2.45) is 0 Å². The van der Waals surface area contributed by atoms with E-state index in [1.165, 1.54) is 36.4 Å². The van der Waals surface area contributed by atoms with Crippen LogP contribution in [-0.2, 0) is 0 Å². The van der Waals surface area contributed by atoms with E-state index < -0.39 is 48.4 Å². The van der Waals surface area contributed by atoms with Gasteiger partial charge in [0.1, 0.15) is 30.8 Å². The van der Waals surface area contributed by atoms with Gasteiger partial charge in [-0.2, -0.15) is 15.3 Å². The molecule has 0 aliphatic carbocycles. The van der Waals surface area contributed by atoms with Gasteiger partial charge in [-0.25, -0.2) is 15.0 Å². The van der Waals surface area contributed by atoms with Crippen LogP contribution in [-0.4, -0.2) is 40.4 Å². The Bertz CT molecular complexity index is 1810. The molecule has 53 heavy (non-hydrogen) atoms. The van der Waals surface area contributed by atoms with Gasteiger partial charge in [-0.05, 0) is 96.9 Å². The largest absolute Gasteiger partial charge is 0.618 e. The third-order valence-electron chi connectivity index (χ3n) is 4.32. The zero-order chi connectivity index (χ0) is 40.8. The molecule has 0 aromatic carbocycles. The molecule has 0 bridgehead atoms. The summed E-state index contributed by atoms with van der Waals surface area (Å²) in [6.07, 6.45) is -17.4. The predicted octanol–water partition coefficient (Wildman–Crippen LogP) is 9.79. The molecule has 4 heterocycles. The predicted molar refractivity (Wildman–Crippen MR) is 170 cm³/mol. The SMILES string of the molecule is FC(F)(F)Oc1ccc(Br)nc1.N#Cc1nc(Br)ccc1OC(F)(F)F.N#Cc1nc(I)ccc1OC(F)(F)F.[O-][n+]1cc(OC(F)(F)F)ccc1Br. The third kappa shape index (κ3) is 21.3. The van der Waals surface area contributed by atoms with Crippen LogP contribution in [0.1, 0.15) is 11.4 Å². The second kappa shape index (κ2) is 20.4. The van der Waals surface area contributed by atoms with Crippen LogP contribution in [0.25, 0.3) is 0 Å². The van der Waals surface area contributed by atoms with Crippen molar-refractivity contribution in [1.82, 2.24) is 15.0 Å². The first kappa shape index (κ1) is 46.9. The van der Waals surface area contributed by atoms with Crippen LogP contribution in [0.5, 0.6) is 23.0 Å². The number of nitriles is 2. The Morgan fingerprint density at radius 1 is 0.604 bits per heavy atom. The van der Waals surface area contributed by atoms with Crippen molar-refractivity contribution >= 4 is 70.4 Å². The first-order valence-electron chi connectivity index (χ1n) is 12.4. The van der Waals surface area contributed by atoms with E-state index >= 15 is 0 Å². The van der Waals surface area contributed by atoms with E-state index in [1.807, 2.05) is 0 Å². The number of aromatic nitrogens is 4. The Balaban J connectivity index is 0.000000354. The number of hydrogen-bond donors (Lipinski definition) is 0. The summed E-state index contributed by atoms with van der Waals surface area (Å²) in [5, 5.41) is 27.7. The van der Waals surface area contributed by atoms with Crippen LogP contribution in [0.15, 0.2) is 74.7 Å². The van der Waals surface area contributed by atoms with Gasteiger partial charge in [0.05, 0.1) is 6.20 Å². The van der Waals surface area contributed by atoms with Gasteiger partial charge in [0.2, 0.25) is 6.20 Å². The molecule has 286 valence electrons. The van der Waals surface area contributed by atoms with Gasteiger partial charge >= 0.3 is 25.4 Å². The maximum atomic E-state index is 11.8.